The number of rotatable bonds is 6. The summed E-state index contributed by atoms with van der Waals surface area (Å²) in [5, 5.41) is 0. The van der Waals surface area contributed by atoms with Gasteiger partial charge in [0, 0.05) is 11.6 Å². The maximum absolute atomic E-state index is 12.2. The van der Waals surface area contributed by atoms with E-state index in [0.717, 1.165) is 28.2 Å². The SMILES string of the molecule is COC(=O)c1ccc2c(c1)C(c1cc(OC)cc(OC)c1)C(c1ccc(OC)cc1)O2. The second-order valence-electron chi connectivity index (χ2n) is 7.18. The van der Waals surface area contributed by atoms with Gasteiger partial charge in [0.2, 0.25) is 0 Å². The van der Waals surface area contributed by atoms with E-state index in [9.17, 15) is 4.79 Å². The first-order valence-electron chi connectivity index (χ1n) is 9.83. The van der Waals surface area contributed by atoms with E-state index in [1.807, 2.05) is 54.6 Å². The van der Waals surface area contributed by atoms with Crippen LogP contribution in [-0.2, 0) is 4.74 Å². The molecule has 0 aliphatic carbocycles. The molecule has 31 heavy (non-hydrogen) atoms. The molecule has 4 rings (SSSR count). The van der Waals surface area contributed by atoms with Crippen LogP contribution in [-0.4, -0.2) is 34.4 Å². The molecule has 0 saturated heterocycles. The summed E-state index contributed by atoms with van der Waals surface area (Å²) in [7, 11) is 6.25. The van der Waals surface area contributed by atoms with Crippen LogP contribution >= 0.6 is 0 Å². The van der Waals surface area contributed by atoms with Gasteiger partial charge in [-0.15, -0.1) is 0 Å². The van der Waals surface area contributed by atoms with E-state index >= 15 is 0 Å². The molecule has 6 nitrogen and oxygen atoms in total. The molecule has 0 saturated carbocycles. The van der Waals surface area contributed by atoms with E-state index in [1.165, 1.54) is 7.11 Å². The first-order chi connectivity index (χ1) is 15.1. The summed E-state index contributed by atoms with van der Waals surface area (Å²) in [5.74, 6) is 2.28. The number of carbonyl (C=O) groups excluding carboxylic acids is 1. The smallest absolute Gasteiger partial charge is 0.337 e. The summed E-state index contributed by atoms with van der Waals surface area (Å²) < 4.78 is 27.6. The fourth-order valence-electron chi connectivity index (χ4n) is 3.93. The third-order valence-corrected chi connectivity index (χ3v) is 5.50. The van der Waals surface area contributed by atoms with Gasteiger partial charge < -0.3 is 23.7 Å². The summed E-state index contributed by atoms with van der Waals surface area (Å²) in [6.45, 7) is 0. The molecule has 0 spiro atoms. The van der Waals surface area contributed by atoms with Crippen molar-refractivity contribution in [3.05, 3.63) is 82.9 Å². The highest BCUT2D eigenvalue weighted by Gasteiger charge is 2.38. The summed E-state index contributed by atoms with van der Waals surface area (Å²) in [4.78, 5) is 12.2. The van der Waals surface area contributed by atoms with Crippen LogP contribution in [0.2, 0.25) is 0 Å². The zero-order valence-corrected chi connectivity index (χ0v) is 17.9. The number of carbonyl (C=O) groups is 1. The highest BCUT2D eigenvalue weighted by Crippen LogP contribution is 2.51. The zero-order chi connectivity index (χ0) is 22.0. The van der Waals surface area contributed by atoms with Crippen molar-refractivity contribution in [1.29, 1.82) is 0 Å². The molecule has 2 atom stereocenters. The largest absolute Gasteiger partial charge is 0.497 e. The van der Waals surface area contributed by atoms with Crippen LogP contribution in [0.1, 0.15) is 39.1 Å². The van der Waals surface area contributed by atoms with Crippen LogP contribution in [0.3, 0.4) is 0 Å². The molecule has 2 unspecified atom stereocenters. The lowest BCUT2D eigenvalue weighted by Crippen LogP contribution is -2.12. The van der Waals surface area contributed by atoms with Gasteiger partial charge in [0.05, 0.1) is 39.9 Å². The topological polar surface area (TPSA) is 63.2 Å². The summed E-state index contributed by atoms with van der Waals surface area (Å²) in [6, 6.07) is 18.9. The molecule has 3 aromatic carbocycles. The Bertz CT molecular complexity index is 1070. The quantitative estimate of drug-likeness (QED) is 0.536. The summed E-state index contributed by atoms with van der Waals surface area (Å²) in [5.41, 5.74) is 3.32. The summed E-state index contributed by atoms with van der Waals surface area (Å²) >= 11 is 0. The minimum absolute atomic E-state index is 0.183. The van der Waals surface area contributed by atoms with Gasteiger partial charge in [-0.3, -0.25) is 0 Å². The molecule has 0 radical (unpaired) electrons. The third-order valence-electron chi connectivity index (χ3n) is 5.50. The van der Waals surface area contributed by atoms with E-state index in [0.29, 0.717) is 17.1 Å². The summed E-state index contributed by atoms with van der Waals surface area (Å²) in [6.07, 6.45) is -0.300. The number of esters is 1. The van der Waals surface area contributed by atoms with E-state index in [4.69, 9.17) is 23.7 Å². The fraction of sp³-hybridized carbons (Fsp3) is 0.240. The third kappa shape index (κ3) is 3.89. The Morgan fingerprint density at radius 2 is 1.39 bits per heavy atom. The Morgan fingerprint density at radius 3 is 1.97 bits per heavy atom. The normalized spacial score (nSPS) is 16.8. The Labute approximate surface area is 181 Å². The standard InChI is InChI=1S/C25H24O6/c1-27-18-8-5-15(6-9-18)24-23(17-11-19(28-2)14-20(12-17)29-3)21-13-16(25(26)30-4)7-10-22(21)31-24/h5-14,23-24H,1-4H3. The van der Waals surface area contributed by atoms with Crippen LogP contribution in [0, 0.1) is 0 Å². The molecule has 160 valence electrons. The fourth-order valence-corrected chi connectivity index (χ4v) is 3.93. The zero-order valence-electron chi connectivity index (χ0n) is 17.9. The molecule has 0 N–H and O–H groups in total. The van der Waals surface area contributed by atoms with Gasteiger partial charge in [0.1, 0.15) is 29.1 Å². The first kappa shape index (κ1) is 20.6. The van der Waals surface area contributed by atoms with Gasteiger partial charge in [-0.2, -0.15) is 0 Å². The maximum Gasteiger partial charge on any atom is 0.337 e. The van der Waals surface area contributed by atoms with Crippen molar-refractivity contribution in [2.24, 2.45) is 0 Å². The lowest BCUT2D eigenvalue weighted by molar-refractivity contribution is 0.0600. The number of hydrogen-bond acceptors (Lipinski definition) is 6. The van der Waals surface area contributed by atoms with Crippen molar-refractivity contribution in [2.45, 2.75) is 12.0 Å². The van der Waals surface area contributed by atoms with Crippen molar-refractivity contribution in [2.75, 3.05) is 28.4 Å². The lowest BCUT2D eigenvalue weighted by atomic mass is 9.84. The van der Waals surface area contributed by atoms with E-state index < -0.39 is 5.97 Å². The number of methoxy groups -OCH3 is 4. The van der Waals surface area contributed by atoms with Crippen molar-refractivity contribution < 1.29 is 28.5 Å². The first-order valence-corrected chi connectivity index (χ1v) is 9.83. The van der Waals surface area contributed by atoms with Crippen LogP contribution in [0.25, 0.3) is 0 Å². The minimum Gasteiger partial charge on any atom is -0.497 e. The van der Waals surface area contributed by atoms with E-state index in [2.05, 4.69) is 0 Å². The predicted molar refractivity (Wildman–Crippen MR) is 116 cm³/mol. The minimum atomic E-state index is -0.391. The van der Waals surface area contributed by atoms with Gasteiger partial charge in [-0.25, -0.2) is 4.79 Å². The maximum atomic E-state index is 12.2. The monoisotopic (exact) mass is 420 g/mol. The van der Waals surface area contributed by atoms with Gasteiger partial charge >= 0.3 is 5.97 Å². The Morgan fingerprint density at radius 1 is 0.742 bits per heavy atom. The molecule has 0 fully saturated rings. The van der Waals surface area contributed by atoms with E-state index in [-0.39, 0.29) is 12.0 Å². The molecule has 0 aromatic heterocycles. The van der Waals surface area contributed by atoms with Crippen LogP contribution in [0.5, 0.6) is 23.0 Å². The molecule has 1 aliphatic rings. The van der Waals surface area contributed by atoms with Gasteiger partial charge in [0.25, 0.3) is 0 Å². The molecular formula is C25H24O6. The average Bonchev–Trinajstić information content (AvgIpc) is 3.21. The van der Waals surface area contributed by atoms with Gasteiger partial charge in [-0.1, -0.05) is 12.1 Å². The second kappa shape index (κ2) is 8.60. The van der Waals surface area contributed by atoms with Crippen LogP contribution in [0.4, 0.5) is 0 Å². The molecule has 1 heterocycles. The molecule has 0 amide bonds. The van der Waals surface area contributed by atoms with Crippen LogP contribution < -0.4 is 18.9 Å². The van der Waals surface area contributed by atoms with Gasteiger partial charge in [-0.05, 0) is 53.6 Å². The van der Waals surface area contributed by atoms with Crippen molar-refractivity contribution in [1.82, 2.24) is 0 Å². The highest BCUT2D eigenvalue weighted by molar-refractivity contribution is 5.90. The predicted octanol–water partition coefficient (Wildman–Crippen LogP) is 4.76. The van der Waals surface area contributed by atoms with E-state index in [1.54, 1.807) is 27.4 Å². The molecule has 6 heteroatoms. The number of hydrogen-bond donors (Lipinski definition) is 0. The second-order valence-corrected chi connectivity index (χ2v) is 7.18. The Balaban J connectivity index is 1.86. The number of ether oxygens (including phenoxy) is 5. The Hall–Kier alpha value is -3.67. The number of benzene rings is 3. The number of fused-ring (bicyclic) bond motifs is 1. The highest BCUT2D eigenvalue weighted by atomic mass is 16.5. The van der Waals surface area contributed by atoms with Crippen molar-refractivity contribution in [3.63, 3.8) is 0 Å². The molecule has 0 bridgehead atoms. The Kier molecular flexibility index (Phi) is 5.71. The molecule has 1 aliphatic heterocycles. The molecular weight excluding hydrogens is 396 g/mol. The lowest BCUT2D eigenvalue weighted by Gasteiger charge is -2.21. The van der Waals surface area contributed by atoms with Crippen molar-refractivity contribution in [3.8, 4) is 23.0 Å². The van der Waals surface area contributed by atoms with Crippen molar-refractivity contribution >= 4 is 5.97 Å². The van der Waals surface area contributed by atoms with Crippen LogP contribution in [0.15, 0.2) is 60.7 Å². The van der Waals surface area contributed by atoms with Gasteiger partial charge in [0.15, 0.2) is 0 Å². The average molecular weight is 420 g/mol. The molecule has 3 aromatic rings.